The van der Waals surface area contributed by atoms with E-state index in [1.54, 1.807) is 24.3 Å². The maximum atomic E-state index is 14.9. The van der Waals surface area contributed by atoms with Crippen LogP contribution in [0.2, 0.25) is 0 Å². The Balaban J connectivity index is 1.53. The molecule has 3 heterocycles. The van der Waals surface area contributed by atoms with Gasteiger partial charge < -0.3 is 14.2 Å². The van der Waals surface area contributed by atoms with E-state index in [1.807, 2.05) is 29.8 Å². The van der Waals surface area contributed by atoms with Gasteiger partial charge in [0, 0.05) is 52.6 Å². The zero-order chi connectivity index (χ0) is 25.9. The lowest BCUT2D eigenvalue weighted by molar-refractivity contribution is -0.154. The molecule has 1 aromatic carbocycles. The van der Waals surface area contributed by atoms with Crippen molar-refractivity contribution in [3.05, 3.63) is 89.0 Å². The first-order chi connectivity index (χ1) is 17.1. The van der Waals surface area contributed by atoms with E-state index >= 15 is 0 Å². The maximum Gasteiger partial charge on any atom is 0.422 e. The molecule has 0 radical (unpaired) electrons. The van der Waals surface area contributed by atoms with Crippen LogP contribution in [-0.2, 0) is 28.6 Å². The lowest BCUT2D eigenvalue weighted by Crippen LogP contribution is -2.41. The highest BCUT2D eigenvalue weighted by Crippen LogP contribution is 2.22. The fraction of sp³-hybridized carbons (Fsp3) is 0.280. The van der Waals surface area contributed by atoms with Crippen LogP contribution in [0.3, 0.4) is 0 Å². The predicted molar refractivity (Wildman–Crippen MR) is 126 cm³/mol. The summed E-state index contributed by atoms with van der Waals surface area (Å²) in [5.41, 5.74) is 2.23. The number of hydrogen-bond acceptors (Lipinski definition) is 4. The highest BCUT2D eigenvalue weighted by Gasteiger charge is 2.29. The average molecular weight is 522 g/mol. The van der Waals surface area contributed by atoms with Crippen molar-refractivity contribution in [1.29, 1.82) is 0 Å². The van der Waals surface area contributed by atoms with Gasteiger partial charge in [-0.2, -0.15) is 13.2 Å². The Morgan fingerprint density at radius 2 is 2.06 bits per heavy atom. The maximum absolute atomic E-state index is 14.9. The van der Waals surface area contributed by atoms with E-state index in [9.17, 15) is 26.6 Å². The van der Waals surface area contributed by atoms with Crippen molar-refractivity contribution < 1.29 is 31.3 Å². The minimum Gasteiger partial charge on any atom is -0.468 e. The highest BCUT2D eigenvalue weighted by molar-refractivity contribution is 7.88. The van der Waals surface area contributed by atoms with Gasteiger partial charge in [-0.25, -0.2) is 9.37 Å². The number of halogens is 4. The Hall–Kier alpha value is -3.47. The molecule has 0 N–H and O–H groups in total. The highest BCUT2D eigenvalue weighted by atomic mass is 32.2. The molecule has 2 atom stereocenters. The first-order valence-corrected chi connectivity index (χ1v) is 12.4. The lowest BCUT2D eigenvalue weighted by atomic mass is 10.1. The number of hydrogen-bond donors (Lipinski definition) is 0. The van der Waals surface area contributed by atoms with Crippen LogP contribution in [0.25, 0.3) is 5.69 Å². The number of carbonyl (C=O) groups excluding carboxylic acids is 1. The van der Waals surface area contributed by atoms with Crippen molar-refractivity contribution in [2.75, 3.05) is 12.4 Å². The Bertz CT molecular complexity index is 1310. The number of ether oxygens (including phenoxy) is 1. The molecule has 4 rings (SSSR count). The number of aryl methyl sites for hydroxylation is 1. The Kier molecular flexibility index (Phi) is 7.58. The molecule has 36 heavy (non-hydrogen) atoms. The van der Waals surface area contributed by atoms with Crippen LogP contribution in [0, 0.1) is 12.7 Å². The third kappa shape index (κ3) is 6.39. The zero-order valence-corrected chi connectivity index (χ0v) is 20.1. The van der Waals surface area contributed by atoms with Crippen molar-refractivity contribution in [2.45, 2.75) is 32.1 Å². The topological polar surface area (TPSA) is 64.4 Å². The molecule has 0 bridgehead atoms. The van der Waals surface area contributed by atoms with Gasteiger partial charge >= 0.3 is 6.18 Å². The smallest absolute Gasteiger partial charge is 0.422 e. The van der Waals surface area contributed by atoms with Crippen LogP contribution in [-0.4, -0.2) is 49.1 Å². The van der Waals surface area contributed by atoms with E-state index in [1.165, 1.54) is 28.6 Å². The van der Waals surface area contributed by atoms with Crippen LogP contribution in [0.1, 0.15) is 16.8 Å². The first kappa shape index (κ1) is 25.6. The minimum atomic E-state index is -4.52. The largest absolute Gasteiger partial charge is 0.468 e. The van der Waals surface area contributed by atoms with Crippen molar-refractivity contribution >= 4 is 16.7 Å². The number of alkyl halides is 3. The first-order valence-electron chi connectivity index (χ1n) is 11.0. The van der Waals surface area contributed by atoms with Crippen molar-refractivity contribution in [1.82, 2.24) is 14.5 Å². The fourth-order valence-corrected chi connectivity index (χ4v) is 4.97. The molecule has 1 amide bonds. The van der Waals surface area contributed by atoms with Crippen LogP contribution < -0.4 is 4.74 Å². The molecule has 2 aromatic heterocycles. The van der Waals surface area contributed by atoms with E-state index in [2.05, 4.69) is 4.98 Å². The molecule has 0 saturated heterocycles. The van der Waals surface area contributed by atoms with E-state index in [0.29, 0.717) is 11.3 Å². The molecule has 1 aliphatic rings. The van der Waals surface area contributed by atoms with Gasteiger partial charge in [0.1, 0.15) is 5.82 Å². The normalized spacial score (nSPS) is 17.4. The van der Waals surface area contributed by atoms with Gasteiger partial charge in [0.25, 0.3) is 0 Å². The quantitative estimate of drug-likeness (QED) is 0.410. The SMILES string of the molecule is Cc1cccn1-c1ccc(CC(=O)N(Cc2ccnc(OCC(F)(F)F)c2)C2C=CS(=O)C2)c(F)c1. The summed E-state index contributed by atoms with van der Waals surface area (Å²) < 4.78 is 70.9. The Morgan fingerprint density at radius 1 is 1.25 bits per heavy atom. The molecule has 2 unspecified atom stereocenters. The van der Waals surface area contributed by atoms with Crippen LogP contribution in [0.15, 0.2) is 66.3 Å². The Morgan fingerprint density at radius 3 is 2.69 bits per heavy atom. The van der Waals surface area contributed by atoms with E-state index < -0.39 is 41.3 Å². The third-order valence-corrected chi connectivity index (χ3v) is 6.78. The number of carbonyl (C=O) groups is 1. The van der Waals surface area contributed by atoms with Gasteiger partial charge in [0.05, 0.1) is 18.2 Å². The summed E-state index contributed by atoms with van der Waals surface area (Å²) in [5.74, 6) is -0.999. The number of nitrogens with zero attached hydrogens (tertiary/aromatic N) is 3. The van der Waals surface area contributed by atoms with Gasteiger partial charge in [-0.15, -0.1) is 0 Å². The van der Waals surface area contributed by atoms with Gasteiger partial charge in [-0.05, 0) is 48.4 Å². The average Bonchev–Trinajstić information content (AvgIpc) is 3.45. The van der Waals surface area contributed by atoms with Gasteiger partial charge in [-0.3, -0.25) is 9.00 Å². The van der Waals surface area contributed by atoms with E-state index in [4.69, 9.17) is 4.74 Å². The van der Waals surface area contributed by atoms with Crippen LogP contribution >= 0.6 is 0 Å². The molecule has 1 aliphatic heterocycles. The van der Waals surface area contributed by atoms with Crippen molar-refractivity contribution in [3.8, 4) is 11.6 Å². The van der Waals surface area contributed by atoms with Gasteiger partial charge in [-0.1, -0.05) is 12.1 Å². The molecule has 0 spiro atoms. The molecular weight excluding hydrogens is 498 g/mol. The standard InChI is InChI=1S/C25H23F4N3O3S/c1-17-3-2-9-31(17)20-5-4-19(22(26)13-20)12-24(33)32(21-7-10-36(34)15-21)14-18-6-8-30-23(11-18)35-16-25(27,28)29/h2-11,13,21H,12,14-16H2,1H3. The summed E-state index contributed by atoms with van der Waals surface area (Å²) in [6.45, 7) is 0.400. The summed E-state index contributed by atoms with van der Waals surface area (Å²) in [5, 5.41) is 1.49. The Labute approximate surface area is 207 Å². The molecule has 0 fully saturated rings. The second-order valence-electron chi connectivity index (χ2n) is 8.34. The monoisotopic (exact) mass is 521 g/mol. The predicted octanol–water partition coefficient (Wildman–Crippen LogP) is 4.48. The van der Waals surface area contributed by atoms with E-state index in [0.717, 1.165) is 5.69 Å². The molecule has 3 aromatic rings. The molecule has 11 heteroatoms. The molecular formula is C25H23F4N3O3S. The molecule has 0 aliphatic carbocycles. The number of pyridine rings is 1. The number of aromatic nitrogens is 2. The van der Waals surface area contributed by atoms with E-state index in [-0.39, 0.29) is 30.2 Å². The van der Waals surface area contributed by atoms with Crippen molar-refractivity contribution in [2.24, 2.45) is 0 Å². The third-order valence-electron chi connectivity index (χ3n) is 5.65. The van der Waals surface area contributed by atoms with Gasteiger partial charge in [0.2, 0.25) is 11.8 Å². The number of rotatable bonds is 8. The second-order valence-corrected chi connectivity index (χ2v) is 9.71. The lowest BCUT2D eigenvalue weighted by Gasteiger charge is -2.28. The number of benzene rings is 1. The summed E-state index contributed by atoms with van der Waals surface area (Å²) in [6, 6.07) is 10.7. The number of amides is 1. The molecule has 0 saturated carbocycles. The van der Waals surface area contributed by atoms with Crippen LogP contribution in [0.5, 0.6) is 5.88 Å². The minimum absolute atomic E-state index is 0.00178. The van der Waals surface area contributed by atoms with Crippen molar-refractivity contribution in [3.63, 3.8) is 0 Å². The molecule has 6 nitrogen and oxygen atoms in total. The summed E-state index contributed by atoms with van der Waals surface area (Å²) in [4.78, 5) is 18.5. The summed E-state index contributed by atoms with van der Waals surface area (Å²) in [7, 11) is -1.25. The van der Waals surface area contributed by atoms with Gasteiger partial charge in [0.15, 0.2) is 6.61 Å². The van der Waals surface area contributed by atoms with Crippen LogP contribution in [0.4, 0.5) is 17.6 Å². The molecule has 190 valence electrons. The second kappa shape index (κ2) is 10.7. The zero-order valence-electron chi connectivity index (χ0n) is 19.2. The summed E-state index contributed by atoms with van der Waals surface area (Å²) >= 11 is 0. The fourth-order valence-electron chi connectivity index (χ4n) is 3.87. The summed E-state index contributed by atoms with van der Waals surface area (Å²) in [6.07, 6.45) is -0.0164.